The number of carbonyl (C=O) groups is 1. The van der Waals surface area contributed by atoms with Crippen LogP contribution in [-0.4, -0.2) is 33.2 Å². The molecule has 0 bridgehead atoms. The summed E-state index contributed by atoms with van der Waals surface area (Å²) in [5.41, 5.74) is 1.19. The summed E-state index contributed by atoms with van der Waals surface area (Å²) in [5.74, 6) is -0.354. The van der Waals surface area contributed by atoms with E-state index in [2.05, 4.69) is 10.3 Å². The van der Waals surface area contributed by atoms with Gasteiger partial charge in [0.1, 0.15) is 5.75 Å². The number of hydrogen-bond acceptors (Lipinski definition) is 4. The molecule has 6 heteroatoms. The van der Waals surface area contributed by atoms with Gasteiger partial charge in [0.05, 0.1) is 18.5 Å². The van der Waals surface area contributed by atoms with E-state index in [1.807, 2.05) is 0 Å². The molecule has 2 aromatic rings. The number of nitrogens with zero attached hydrogens (tertiary/aromatic N) is 3. The Hall–Kier alpha value is -2.37. The number of rotatable bonds is 3. The Labute approximate surface area is 97.4 Å². The van der Waals surface area contributed by atoms with E-state index >= 15 is 0 Å². The number of benzene rings is 1. The zero-order valence-electron chi connectivity index (χ0n) is 9.41. The van der Waals surface area contributed by atoms with Gasteiger partial charge in [0.15, 0.2) is 5.69 Å². The largest absolute Gasteiger partial charge is 0.497 e. The third kappa shape index (κ3) is 1.96. The van der Waals surface area contributed by atoms with Crippen molar-refractivity contribution < 1.29 is 14.6 Å². The molecule has 0 radical (unpaired) electrons. The lowest BCUT2D eigenvalue weighted by atomic mass is 10.3. The van der Waals surface area contributed by atoms with Gasteiger partial charge in [-0.25, -0.2) is 9.48 Å². The lowest BCUT2D eigenvalue weighted by molar-refractivity contribution is 0.0689. The van der Waals surface area contributed by atoms with E-state index in [0.29, 0.717) is 5.69 Å². The summed E-state index contributed by atoms with van der Waals surface area (Å²) in [6.45, 7) is 1.66. The van der Waals surface area contributed by atoms with Gasteiger partial charge in [-0.05, 0) is 31.2 Å². The molecule has 0 fully saturated rings. The quantitative estimate of drug-likeness (QED) is 0.864. The molecular weight excluding hydrogens is 222 g/mol. The Balaban J connectivity index is 2.42. The molecule has 0 spiro atoms. The van der Waals surface area contributed by atoms with Crippen molar-refractivity contribution in [1.29, 1.82) is 0 Å². The first kappa shape index (κ1) is 11.1. The Morgan fingerprint density at radius 3 is 2.47 bits per heavy atom. The molecule has 0 saturated carbocycles. The third-order valence-electron chi connectivity index (χ3n) is 2.41. The molecule has 6 nitrogen and oxygen atoms in total. The second-order valence-electron chi connectivity index (χ2n) is 3.44. The van der Waals surface area contributed by atoms with Crippen molar-refractivity contribution in [3.8, 4) is 11.4 Å². The minimum Gasteiger partial charge on any atom is -0.497 e. The van der Waals surface area contributed by atoms with Crippen LogP contribution < -0.4 is 4.74 Å². The molecule has 0 amide bonds. The van der Waals surface area contributed by atoms with Gasteiger partial charge in [0, 0.05) is 0 Å². The van der Waals surface area contributed by atoms with E-state index < -0.39 is 5.97 Å². The smallest absolute Gasteiger partial charge is 0.358 e. The number of aromatic carboxylic acids is 1. The van der Waals surface area contributed by atoms with Gasteiger partial charge < -0.3 is 9.84 Å². The summed E-state index contributed by atoms with van der Waals surface area (Å²) in [7, 11) is 1.58. The SMILES string of the molecule is COc1ccc(-n2nnc(C(=O)O)c2C)cc1. The number of aromatic nitrogens is 3. The molecule has 1 N–H and O–H groups in total. The van der Waals surface area contributed by atoms with E-state index in [1.54, 1.807) is 38.3 Å². The van der Waals surface area contributed by atoms with Crippen LogP contribution in [-0.2, 0) is 0 Å². The van der Waals surface area contributed by atoms with Crippen molar-refractivity contribution >= 4 is 5.97 Å². The molecule has 0 aliphatic carbocycles. The molecule has 0 atom stereocenters. The number of ether oxygens (including phenoxy) is 1. The molecule has 1 aromatic heterocycles. The van der Waals surface area contributed by atoms with Crippen LogP contribution in [0.1, 0.15) is 16.2 Å². The first-order valence-electron chi connectivity index (χ1n) is 4.93. The second kappa shape index (κ2) is 4.25. The minimum atomic E-state index is -1.08. The van der Waals surface area contributed by atoms with E-state index in [-0.39, 0.29) is 5.69 Å². The van der Waals surface area contributed by atoms with Crippen molar-refractivity contribution in [3.05, 3.63) is 35.7 Å². The van der Waals surface area contributed by atoms with Crippen molar-refractivity contribution in [1.82, 2.24) is 15.0 Å². The molecule has 0 saturated heterocycles. The average Bonchev–Trinajstić information content (AvgIpc) is 2.71. The predicted octanol–water partition coefficient (Wildman–Crippen LogP) is 1.28. The monoisotopic (exact) mass is 233 g/mol. The predicted molar refractivity (Wildman–Crippen MR) is 59.6 cm³/mol. The third-order valence-corrected chi connectivity index (χ3v) is 2.41. The lowest BCUT2D eigenvalue weighted by Crippen LogP contribution is -2.02. The topological polar surface area (TPSA) is 77.2 Å². The maximum atomic E-state index is 10.8. The Bertz CT molecular complexity index is 546. The summed E-state index contributed by atoms with van der Waals surface area (Å²) in [5, 5.41) is 16.3. The fraction of sp³-hybridized carbons (Fsp3) is 0.182. The van der Waals surface area contributed by atoms with E-state index in [4.69, 9.17) is 9.84 Å². The van der Waals surface area contributed by atoms with Crippen LogP contribution in [0.25, 0.3) is 5.69 Å². The highest BCUT2D eigenvalue weighted by molar-refractivity contribution is 5.86. The maximum absolute atomic E-state index is 10.8. The van der Waals surface area contributed by atoms with Gasteiger partial charge in [-0.3, -0.25) is 0 Å². The molecule has 0 aliphatic rings. The second-order valence-corrected chi connectivity index (χ2v) is 3.44. The van der Waals surface area contributed by atoms with Crippen molar-refractivity contribution in [2.24, 2.45) is 0 Å². The molecular formula is C11H11N3O3. The maximum Gasteiger partial charge on any atom is 0.358 e. The number of carboxylic acid groups (broad SMARTS) is 1. The molecule has 88 valence electrons. The van der Waals surface area contributed by atoms with E-state index in [1.165, 1.54) is 4.68 Å². The van der Waals surface area contributed by atoms with Crippen LogP contribution in [0.4, 0.5) is 0 Å². The number of methoxy groups -OCH3 is 1. The van der Waals surface area contributed by atoms with Crippen LogP contribution in [0.3, 0.4) is 0 Å². The fourth-order valence-corrected chi connectivity index (χ4v) is 1.50. The van der Waals surface area contributed by atoms with Gasteiger partial charge in [0.2, 0.25) is 0 Å². The number of carboxylic acids is 1. The highest BCUT2D eigenvalue weighted by Gasteiger charge is 2.15. The highest BCUT2D eigenvalue weighted by atomic mass is 16.5. The van der Waals surface area contributed by atoms with E-state index in [0.717, 1.165) is 11.4 Å². The highest BCUT2D eigenvalue weighted by Crippen LogP contribution is 2.16. The summed E-state index contributed by atoms with van der Waals surface area (Å²) in [6.07, 6.45) is 0. The zero-order chi connectivity index (χ0) is 12.4. The summed E-state index contributed by atoms with van der Waals surface area (Å²) < 4.78 is 6.51. The summed E-state index contributed by atoms with van der Waals surface area (Å²) >= 11 is 0. The van der Waals surface area contributed by atoms with E-state index in [9.17, 15) is 4.79 Å². The molecule has 1 aromatic carbocycles. The van der Waals surface area contributed by atoms with Crippen LogP contribution in [0, 0.1) is 6.92 Å². The molecule has 2 rings (SSSR count). The Morgan fingerprint density at radius 2 is 2.00 bits per heavy atom. The molecule has 17 heavy (non-hydrogen) atoms. The fourth-order valence-electron chi connectivity index (χ4n) is 1.50. The van der Waals surface area contributed by atoms with Crippen LogP contribution in [0.5, 0.6) is 5.75 Å². The van der Waals surface area contributed by atoms with Gasteiger partial charge in [-0.1, -0.05) is 5.21 Å². The normalized spacial score (nSPS) is 10.2. The first-order chi connectivity index (χ1) is 8.13. The van der Waals surface area contributed by atoms with Gasteiger partial charge in [-0.2, -0.15) is 0 Å². The van der Waals surface area contributed by atoms with Gasteiger partial charge in [0.25, 0.3) is 0 Å². The van der Waals surface area contributed by atoms with Crippen molar-refractivity contribution in [2.75, 3.05) is 7.11 Å². The minimum absolute atomic E-state index is 0.0409. The molecule has 1 heterocycles. The lowest BCUT2D eigenvalue weighted by Gasteiger charge is -2.04. The summed E-state index contributed by atoms with van der Waals surface area (Å²) in [4.78, 5) is 10.8. The van der Waals surface area contributed by atoms with Crippen LogP contribution in [0.15, 0.2) is 24.3 Å². The zero-order valence-corrected chi connectivity index (χ0v) is 9.41. The first-order valence-corrected chi connectivity index (χ1v) is 4.93. The standard InChI is InChI=1S/C11H11N3O3/c1-7-10(11(15)16)12-13-14(7)8-3-5-9(17-2)6-4-8/h3-6H,1-2H3,(H,15,16). The molecule has 0 unspecified atom stereocenters. The van der Waals surface area contributed by atoms with Gasteiger partial charge in [-0.15, -0.1) is 5.10 Å². The molecule has 0 aliphatic heterocycles. The van der Waals surface area contributed by atoms with Crippen molar-refractivity contribution in [2.45, 2.75) is 6.92 Å². The Kier molecular flexibility index (Phi) is 2.78. The van der Waals surface area contributed by atoms with Crippen molar-refractivity contribution in [3.63, 3.8) is 0 Å². The average molecular weight is 233 g/mol. The van der Waals surface area contributed by atoms with Crippen LogP contribution in [0.2, 0.25) is 0 Å². The van der Waals surface area contributed by atoms with Gasteiger partial charge >= 0.3 is 5.97 Å². The number of hydrogen-bond donors (Lipinski definition) is 1. The van der Waals surface area contributed by atoms with Crippen LogP contribution >= 0.6 is 0 Å². The summed E-state index contributed by atoms with van der Waals surface area (Å²) in [6, 6.07) is 7.12. The Morgan fingerprint density at radius 1 is 1.35 bits per heavy atom.